The highest BCUT2D eigenvalue weighted by atomic mass is 31.2. The molecule has 10 heteroatoms. The van der Waals surface area contributed by atoms with Gasteiger partial charge in [0.25, 0.3) is 0 Å². The number of hydrogen-bond acceptors (Lipinski definition) is 8. The standard InChI is InChI=1S/C41H80NO8P/c1-3-5-7-9-11-13-15-17-19-21-23-25-27-29-31-33-39(44)40(35-42)50-51(46,47)48-37-38(36-43)49-41(45)34-32-30-28-26-24-22-20-18-16-14-12-10-8-6-4-2/h18,20,38,40,43H,3-17,19,21-37,42H2,1-2H3,(H,46,47)/b20-18-/t38-,40?/m1/s1. The van der Waals surface area contributed by atoms with E-state index in [0.29, 0.717) is 12.8 Å². The number of aliphatic hydroxyl groups excluding tert-OH is 1. The Morgan fingerprint density at radius 1 is 0.627 bits per heavy atom. The summed E-state index contributed by atoms with van der Waals surface area (Å²) in [4.78, 5) is 35.0. The molecule has 0 aliphatic rings. The maximum Gasteiger partial charge on any atom is 0.473 e. The van der Waals surface area contributed by atoms with E-state index in [9.17, 15) is 24.2 Å². The normalized spacial score (nSPS) is 14.1. The smallest absolute Gasteiger partial charge is 0.457 e. The zero-order valence-electron chi connectivity index (χ0n) is 33.0. The molecule has 0 fully saturated rings. The molecule has 0 aromatic carbocycles. The number of hydrogen-bond donors (Lipinski definition) is 3. The maximum atomic E-state index is 12.6. The molecular formula is C41H80NO8P. The van der Waals surface area contributed by atoms with Crippen LogP contribution in [0.25, 0.3) is 0 Å². The zero-order chi connectivity index (χ0) is 37.7. The quantitative estimate of drug-likeness (QED) is 0.0241. The Morgan fingerprint density at radius 3 is 1.43 bits per heavy atom. The molecule has 0 aliphatic heterocycles. The summed E-state index contributed by atoms with van der Waals surface area (Å²) in [5, 5.41) is 9.61. The van der Waals surface area contributed by atoms with E-state index in [0.717, 1.165) is 51.4 Å². The van der Waals surface area contributed by atoms with Crippen molar-refractivity contribution in [1.82, 2.24) is 0 Å². The molecular weight excluding hydrogens is 665 g/mol. The van der Waals surface area contributed by atoms with Gasteiger partial charge in [-0.05, 0) is 38.5 Å². The summed E-state index contributed by atoms with van der Waals surface area (Å²) in [5.41, 5.74) is 5.67. The number of unbranched alkanes of at least 4 members (excludes halogenated alkanes) is 25. The SMILES string of the molecule is CCCCCCCC/C=C\CCCCCCCC(=O)O[C@H](CO)COP(=O)(O)OC(CN)C(=O)CCCCCCCCCCCCCCCCC. The van der Waals surface area contributed by atoms with E-state index < -0.39 is 39.2 Å². The first-order chi connectivity index (χ1) is 24.8. The lowest BCUT2D eigenvalue weighted by molar-refractivity contribution is -0.153. The molecule has 51 heavy (non-hydrogen) atoms. The Hall–Kier alpha value is -1.09. The van der Waals surface area contributed by atoms with Crippen LogP contribution >= 0.6 is 7.82 Å². The fraction of sp³-hybridized carbons (Fsp3) is 0.902. The van der Waals surface area contributed by atoms with Crippen molar-refractivity contribution in [2.24, 2.45) is 5.73 Å². The van der Waals surface area contributed by atoms with E-state index in [1.807, 2.05) is 0 Å². The fourth-order valence-electron chi connectivity index (χ4n) is 6.14. The summed E-state index contributed by atoms with van der Waals surface area (Å²) in [6.07, 6.45) is 36.1. The largest absolute Gasteiger partial charge is 0.473 e. The first-order valence-electron chi connectivity index (χ1n) is 21.1. The van der Waals surface area contributed by atoms with Crippen molar-refractivity contribution in [2.45, 2.75) is 219 Å². The number of rotatable bonds is 40. The van der Waals surface area contributed by atoms with Gasteiger partial charge in [-0.3, -0.25) is 18.6 Å². The molecule has 0 rings (SSSR count). The molecule has 0 bridgehead atoms. The van der Waals surface area contributed by atoms with Crippen LogP contribution < -0.4 is 5.73 Å². The van der Waals surface area contributed by atoms with Gasteiger partial charge in [0.15, 0.2) is 5.78 Å². The van der Waals surface area contributed by atoms with Gasteiger partial charge in [0, 0.05) is 19.4 Å². The van der Waals surface area contributed by atoms with Crippen molar-refractivity contribution in [1.29, 1.82) is 0 Å². The average Bonchev–Trinajstić information content (AvgIpc) is 3.12. The topological polar surface area (TPSA) is 145 Å². The molecule has 0 spiro atoms. The minimum absolute atomic E-state index is 0.199. The summed E-state index contributed by atoms with van der Waals surface area (Å²) in [6.45, 7) is 3.14. The summed E-state index contributed by atoms with van der Waals surface area (Å²) < 4.78 is 27.8. The lowest BCUT2D eigenvalue weighted by Crippen LogP contribution is -2.32. The third kappa shape index (κ3) is 34.4. The van der Waals surface area contributed by atoms with Gasteiger partial charge in [-0.2, -0.15) is 0 Å². The van der Waals surface area contributed by atoms with Crippen LogP contribution in [0.4, 0.5) is 0 Å². The Morgan fingerprint density at radius 2 is 1.02 bits per heavy atom. The number of carbonyl (C=O) groups excluding carboxylic acids is 2. The van der Waals surface area contributed by atoms with Gasteiger partial charge in [0.2, 0.25) is 0 Å². The molecule has 0 heterocycles. The first-order valence-corrected chi connectivity index (χ1v) is 22.6. The zero-order valence-corrected chi connectivity index (χ0v) is 33.9. The summed E-state index contributed by atoms with van der Waals surface area (Å²) in [5.74, 6) is -0.836. The van der Waals surface area contributed by atoms with Crippen LogP contribution in [-0.4, -0.2) is 53.7 Å². The van der Waals surface area contributed by atoms with Crippen molar-refractivity contribution < 1.29 is 37.9 Å². The number of Topliss-reactive ketones (excluding diaryl/α,β-unsaturated/α-hetero) is 1. The van der Waals surface area contributed by atoms with Gasteiger partial charge in [-0.1, -0.05) is 167 Å². The van der Waals surface area contributed by atoms with Crippen molar-refractivity contribution in [3.05, 3.63) is 12.2 Å². The molecule has 4 N–H and O–H groups in total. The number of carbonyl (C=O) groups is 2. The number of esters is 1. The highest BCUT2D eigenvalue weighted by Crippen LogP contribution is 2.45. The third-order valence-electron chi connectivity index (χ3n) is 9.43. The van der Waals surface area contributed by atoms with Crippen LogP contribution in [0.2, 0.25) is 0 Å². The number of nitrogens with two attached hydrogens (primary N) is 1. The van der Waals surface area contributed by atoms with Crippen LogP contribution in [0.1, 0.15) is 206 Å². The van der Waals surface area contributed by atoms with Crippen LogP contribution in [0.3, 0.4) is 0 Å². The number of ketones is 1. The number of allylic oxidation sites excluding steroid dienone is 2. The molecule has 3 atom stereocenters. The number of phosphoric ester groups is 1. The Labute approximate surface area is 313 Å². The van der Waals surface area contributed by atoms with Crippen molar-refractivity contribution in [3.63, 3.8) is 0 Å². The summed E-state index contributed by atoms with van der Waals surface area (Å²) in [6, 6.07) is 0. The molecule has 0 saturated carbocycles. The molecule has 0 aliphatic carbocycles. The van der Waals surface area contributed by atoms with Crippen molar-refractivity contribution in [2.75, 3.05) is 19.8 Å². The lowest BCUT2D eigenvalue weighted by atomic mass is 10.0. The summed E-state index contributed by atoms with van der Waals surface area (Å²) >= 11 is 0. The van der Waals surface area contributed by atoms with Gasteiger partial charge < -0.3 is 20.5 Å². The highest BCUT2D eigenvalue weighted by Gasteiger charge is 2.31. The highest BCUT2D eigenvalue weighted by molar-refractivity contribution is 7.47. The van der Waals surface area contributed by atoms with Crippen LogP contribution in [0, 0.1) is 0 Å². The summed E-state index contributed by atoms with van der Waals surface area (Å²) in [7, 11) is -4.67. The number of aliphatic hydroxyl groups is 1. The minimum Gasteiger partial charge on any atom is -0.457 e. The molecule has 9 nitrogen and oxygen atoms in total. The Kier molecular flexibility index (Phi) is 36.4. The van der Waals surface area contributed by atoms with E-state index in [1.54, 1.807) is 0 Å². The second kappa shape index (κ2) is 37.2. The van der Waals surface area contributed by atoms with Crippen molar-refractivity contribution >= 4 is 19.6 Å². The Bertz CT molecular complexity index is 871. The predicted molar refractivity (Wildman–Crippen MR) is 211 cm³/mol. The molecule has 302 valence electrons. The molecule has 0 aromatic heterocycles. The van der Waals surface area contributed by atoms with Crippen LogP contribution in [0.15, 0.2) is 12.2 Å². The van der Waals surface area contributed by atoms with E-state index in [1.165, 1.54) is 116 Å². The monoisotopic (exact) mass is 746 g/mol. The van der Waals surface area contributed by atoms with Gasteiger partial charge in [-0.15, -0.1) is 0 Å². The predicted octanol–water partition coefficient (Wildman–Crippen LogP) is 11.2. The van der Waals surface area contributed by atoms with E-state index in [2.05, 4.69) is 26.0 Å². The second-order valence-corrected chi connectivity index (χ2v) is 15.8. The first kappa shape index (κ1) is 49.9. The fourth-order valence-corrected chi connectivity index (χ4v) is 7.08. The lowest BCUT2D eigenvalue weighted by Gasteiger charge is -2.21. The maximum absolute atomic E-state index is 12.6. The van der Waals surface area contributed by atoms with E-state index >= 15 is 0 Å². The third-order valence-corrected chi connectivity index (χ3v) is 10.4. The number of ether oxygens (including phenoxy) is 1. The van der Waals surface area contributed by atoms with Gasteiger partial charge in [0.1, 0.15) is 12.2 Å². The molecule has 0 radical (unpaired) electrons. The van der Waals surface area contributed by atoms with E-state index in [-0.39, 0.29) is 25.2 Å². The molecule has 2 unspecified atom stereocenters. The second-order valence-electron chi connectivity index (χ2n) is 14.4. The van der Waals surface area contributed by atoms with Crippen LogP contribution in [0.5, 0.6) is 0 Å². The molecule has 0 aromatic rings. The minimum atomic E-state index is -4.67. The van der Waals surface area contributed by atoms with Gasteiger partial charge in [0.05, 0.1) is 13.2 Å². The molecule has 0 amide bonds. The molecule has 0 saturated heterocycles. The van der Waals surface area contributed by atoms with Gasteiger partial charge in [-0.25, -0.2) is 4.57 Å². The van der Waals surface area contributed by atoms with Crippen LogP contribution in [-0.2, 0) is 27.9 Å². The van der Waals surface area contributed by atoms with E-state index in [4.69, 9.17) is 19.5 Å². The average molecular weight is 746 g/mol. The van der Waals surface area contributed by atoms with Crippen molar-refractivity contribution in [3.8, 4) is 0 Å². The van der Waals surface area contributed by atoms with Gasteiger partial charge >= 0.3 is 13.8 Å². The Balaban J connectivity index is 3.96. The number of phosphoric acid groups is 1.